The first-order valence-electron chi connectivity index (χ1n) is 7.40. The van der Waals surface area contributed by atoms with E-state index in [1.54, 1.807) is 0 Å². The lowest BCUT2D eigenvalue weighted by atomic mass is 9.80. The number of unbranched alkanes of at least 4 members (excludes halogenated alkanes) is 1. The third-order valence-corrected chi connectivity index (χ3v) is 3.95. The summed E-state index contributed by atoms with van der Waals surface area (Å²) in [5.74, 6) is 1.42. The van der Waals surface area contributed by atoms with Crippen molar-refractivity contribution in [2.45, 2.75) is 71.4 Å². The van der Waals surface area contributed by atoms with Crippen LogP contribution in [0, 0.1) is 11.8 Å². The van der Waals surface area contributed by atoms with E-state index in [2.05, 4.69) is 26.1 Å². The van der Waals surface area contributed by atoms with Gasteiger partial charge in [0.2, 0.25) is 0 Å². The summed E-state index contributed by atoms with van der Waals surface area (Å²) in [5, 5.41) is 3.53. The fraction of sp³-hybridized carbons (Fsp3) is 0.933. The first-order chi connectivity index (χ1) is 8.56. The van der Waals surface area contributed by atoms with Crippen LogP contribution in [0.1, 0.15) is 59.3 Å². The van der Waals surface area contributed by atoms with Crippen molar-refractivity contribution in [2.24, 2.45) is 11.8 Å². The first kappa shape index (κ1) is 15.5. The van der Waals surface area contributed by atoms with Gasteiger partial charge >= 0.3 is 5.97 Å². The van der Waals surface area contributed by atoms with Gasteiger partial charge in [0.25, 0.3) is 0 Å². The van der Waals surface area contributed by atoms with E-state index in [4.69, 9.17) is 4.74 Å². The van der Waals surface area contributed by atoms with Gasteiger partial charge in [-0.1, -0.05) is 33.6 Å². The van der Waals surface area contributed by atoms with Gasteiger partial charge in [0, 0.05) is 6.04 Å². The molecule has 0 heterocycles. The van der Waals surface area contributed by atoms with Crippen LogP contribution >= 0.6 is 0 Å². The molecular weight excluding hydrogens is 226 g/mol. The van der Waals surface area contributed by atoms with Crippen molar-refractivity contribution in [3.63, 3.8) is 0 Å². The number of carbonyl (C=O) groups excluding carboxylic acids is 1. The van der Waals surface area contributed by atoms with E-state index in [9.17, 15) is 4.79 Å². The van der Waals surface area contributed by atoms with E-state index in [-0.39, 0.29) is 12.0 Å². The Morgan fingerprint density at radius 3 is 2.39 bits per heavy atom. The third-order valence-electron chi connectivity index (χ3n) is 3.95. The normalized spacial score (nSPS) is 29.9. The molecule has 1 aliphatic carbocycles. The van der Waals surface area contributed by atoms with Gasteiger partial charge in [0.05, 0.1) is 7.11 Å². The van der Waals surface area contributed by atoms with Crippen molar-refractivity contribution >= 4 is 5.97 Å². The van der Waals surface area contributed by atoms with Crippen molar-refractivity contribution in [1.29, 1.82) is 0 Å². The minimum absolute atomic E-state index is 0.102. The predicted octanol–water partition coefficient (Wildman–Crippen LogP) is 3.13. The summed E-state index contributed by atoms with van der Waals surface area (Å²) in [7, 11) is 1.48. The van der Waals surface area contributed by atoms with E-state index >= 15 is 0 Å². The van der Waals surface area contributed by atoms with Gasteiger partial charge in [-0.2, -0.15) is 0 Å². The zero-order chi connectivity index (χ0) is 13.5. The van der Waals surface area contributed by atoms with Crippen molar-refractivity contribution in [3.05, 3.63) is 0 Å². The van der Waals surface area contributed by atoms with Crippen molar-refractivity contribution in [1.82, 2.24) is 5.32 Å². The molecule has 1 aliphatic rings. The van der Waals surface area contributed by atoms with Gasteiger partial charge in [-0.15, -0.1) is 0 Å². The molecule has 3 atom stereocenters. The Morgan fingerprint density at radius 2 is 1.89 bits per heavy atom. The lowest BCUT2D eigenvalue weighted by Crippen LogP contribution is -2.46. The van der Waals surface area contributed by atoms with Crippen LogP contribution in [0.5, 0.6) is 0 Å². The second kappa shape index (κ2) is 7.78. The van der Waals surface area contributed by atoms with Crippen LogP contribution in [0.25, 0.3) is 0 Å². The highest BCUT2D eigenvalue weighted by Gasteiger charge is 2.28. The Labute approximate surface area is 112 Å². The second-order valence-electron chi connectivity index (χ2n) is 6.00. The molecule has 18 heavy (non-hydrogen) atoms. The molecule has 3 nitrogen and oxygen atoms in total. The first-order valence-corrected chi connectivity index (χ1v) is 7.40. The molecule has 0 aromatic rings. The second-order valence-corrected chi connectivity index (χ2v) is 6.00. The predicted molar refractivity (Wildman–Crippen MR) is 74.4 cm³/mol. The SMILES string of the molecule is CCCCC(NC1CC(C)CC(C)C1)C(=O)OC. The molecule has 0 amide bonds. The summed E-state index contributed by atoms with van der Waals surface area (Å²) in [6.45, 7) is 6.77. The van der Waals surface area contributed by atoms with Crippen LogP contribution < -0.4 is 5.32 Å². The number of nitrogens with one attached hydrogen (secondary N) is 1. The van der Waals surface area contributed by atoms with Crippen LogP contribution in [0.3, 0.4) is 0 Å². The number of hydrogen-bond acceptors (Lipinski definition) is 3. The Hall–Kier alpha value is -0.570. The molecule has 1 rings (SSSR count). The standard InChI is InChI=1S/C15H29NO2/c1-5-6-7-14(15(17)18-4)16-13-9-11(2)8-12(3)10-13/h11-14,16H,5-10H2,1-4H3. The summed E-state index contributed by atoms with van der Waals surface area (Å²) in [6, 6.07) is 0.363. The molecule has 3 unspecified atom stereocenters. The topological polar surface area (TPSA) is 38.3 Å². The van der Waals surface area contributed by atoms with Gasteiger partial charge in [-0.3, -0.25) is 4.79 Å². The highest BCUT2D eigenvalue weighted by atomic mass is 16.5. The Morgan fingerprint density at radius 1 is 1.28 bits per heavy atom. The maximum Gasteiger partial charge on any atom is 0.322 e. The molecule has 106 valence electrons. The van der Waals surface area contributed by atoms with Crippen LogP contribution in [-0.4, -0.2) is 25.2 Å². The lowest BCUT2D eigenvalue weighted by molar-refractivity contribution is -0.143. The molecule has 0 aromatic heterocycles. The number of rotatable bonds is 6. The molecule has 0 aliphatic heterocycles. The smallest absolute Gasteiger partial charge is 0.322 e. The van der Waals surface area contributed by atoms with Gasteiger partial charge in [-0.05, 0) is 37.5 Å². The van der Waals surface area contributed by atoms with Crippen molar-refractivity contribution < 1.29 is 9.53 Å². The highest BCUT2D eigenvalue weighted by Crippen LogP contribution is 2.29. The maximum atomic E-state index is 11.8. The van der Waals surface area contributed by atoms with Crippen LogP contribution in [0.4, 0.5) is 0 Å². The number of hydrogen-bond donors (Lipinski definition) is 1. The fourth-order valence-electron chi connectivity index (χ4n) is 3.19. The molecule has 3 heteroatoms. The monoisotopic (exact) mass is 255 g/mol. The summed E-state index contributed by atoms with van der Waals surface area (Å²) in [4.78, 5) is 11.8. The van der Waals surface area contributed by atoms with Gasteiger partial charge in [0.15, 0.2) is 0 Å². The maximum absolute atomic E-state index is 11.8. The summed E-state index contributed by atoms with van der Waals surface area (Å²) >= 11 is 0. The number of carbonyl (C=O) groups is 1. The minimum atomic E-state index is -0.113. The van der Waals surface area contributed by atoms with E-state index in [0.29, 0.717) is 6.04 Å². The lowest BCUT2D eigenvalue weighted by Gasteiger charge is -2.34. The molecule has 1 fully saturated rings. The average molecular weight is 255 g/mol. The van der Waals surface area contributed by atoms with Gasteiger partial charge in [0.1, 0.15) is 6.04 Å². The molecular formula is C15H29NO2. The quantitative estimate of drug-likeness (QED) is 0.741. The van der Waals surface area contributed by atoms with Gasteiger partial charge < -0.3 is 10.1 Å². The van der Waals surface area contributed by atoms with E-state index < -0.39 is 0 Å². The zero-order valence-corrected chi connectivity index (χ0v) is 12.4. The number of methoxy groups -OCH3 is 1. The largest absolute Gasteiger partial charge is 0.468 e. The van der Waals surface area contributed by atoms with Crippen LogP contribution in [0.15, 0.2) is 0 Å². The van der Waals surface area contributed by atoms with E-state index in [1.165, 1.54) is 26.4 Å². The van der Waals surface area contributed by atoms with Crippen molar-refractivity contribution in [3.8, 4) is 0 Å². The summed E-state index contributed by atoms with van der Waals surface area (Å²) < 4.78 is 4.90. The molecule has 0 radical (unpaired) electrons. The molecule has 1 saturated carbocycles. The number of ether oxygens (including phenoxy) is 1. The van der Waals surface area contributed by atoms with Crippen molar-refractivity contribution in [2.75, 3.05) is 7.11 Å². The van der Waals surface area contributed by atoms with E-state index in [0.717, 1.165) is 31.1 Å². The highest BCUT2D eigenvalue weighted by molar-refractivity contribution is 5.75. The Balaban J connectivity index is 2.50. The molecule has 0 saturated heterocycles. The summed E-state index contributed by atoms with van der Waals surface area (Å²) in [6.07, 6.45) is 6.77. The third kappa shape index (κ3) is 4.97. The Kier molecular flexibility index (Phi) is 6.69. The molecule has 0 bridgehead atoms. The average Bonchev–Trinajstić information content (AvgIpc) is 2.32. The van der Waals surface area contributed by atoms with Crippen LogP contribution in [0.2, 0.25) is 0 Å². The number of esters is 1. The van der Waals surface area contributed by atoms with E-state index in [1.807, 2.05) is 0 Å². The zero-order valence-electron chi connectivity index (χ0n) is 12.4. The molecule has 0 spiro atoms. The minimum Gasteiger partial charge on any atom is -0.468 e. The Bertz CT molecular complexity index is 245. The fourth-order valence-corrected chi connectivity index (χ4v) is 3.19. The van der Waals surface area contributed by atoms with Crippen LogP contribution in [-0.2, 0) is 9.53 Å². The summed E-state index contributed by atoms with van der Waals surface area (Å²) in [5.41, 5.74) is 0. The molecule has 1 N–H and O–H groups in total. The molecule has 0 aromatic carbocycles. The van der Waals surface area contributed by atoms with Gasteiger partial charge in [-0.25, -0.2) is 0 Å².